The number of aromatic hydroxyl groups is 1. The lowest BCUT2D eigenvalue weighted by Crippen LogP contribution is -1.90. The van der Waals surface area contributed by atoms with E-state index in [2.05, 4.69) is 11.9 Å². The molecule has 0 spiro atoms. The summed E-state index contributed by atoms with van der Waals surface area (Å²) in [6, 6.07) is 11.5. The lowest BCUT2D eigenvalue weighted by Gasteiger charge is -2.00. The molecule has 2 aromatic rings. The summed E-state index contributed by atoms with van der Waals surface area (Å²) < 4.78 is 0. The molecule has 0 unspecified atom stereocenters. The Balaban J connectivity index is 2.30. The molecule has 0 amide bonds. The maximum Gasteiger partial charge on any atom is 0.270 e. The molecule has 0 aliphatic rings. The highest BCUT2D eigenvalue weighted by Gasteiger charge is 2.08. The molecule has 0 bridgehead atoms. The van der Waals surface area contributed by atoms with Crippen LogP contribution in [0.4, 0.5) is 11.4 Å². The molecule has 0 aliphatic heterocycles. The normalized spacial score (nSPS) is 10.8. The van der Waals surface area contributed by atoms with E-state index in [0.29, 0.717) is 5.56 Å². The van der Waals surface area contributed by atoms with Gasteiger partial charge in [0.15, 0.2) is 0 Å². The molecular formula is C15H14N2O3. The SMILES string of the molecule is CCc1cccc(N=Cc2cc([N+](=O)[O-])ccc2O)c1. The summed E-state index contributed by atoms with van der Waals surface area (Å²) in [5.74, 6) is -0.0361. The van der Waals surface area contributed by atoms with Crippen molar-refractivity contribution in [1.82, 2.24) is 0 Å². The van der Waals surface area contributed by atoms with Crippen molar-refractivity contribution in [3.63, 3.8) is 0 Å². The van der Waals surface area contributed by atoms with Crippen LogP contribution in [0.15, 0.2) is 47.5 Å². The highest BCUT2D eigenvalue weighted by molar-refractivity contribution is 5.86. The van der Waals surface area contributed by atoms with E-state index in [-0.39, 0.29) is 11.4 Å². The molecule has 0 saturated heterocycles. The number of nitrogens with zero attached hydrogens (tertiary/aromatic N) is 2. The first-order chi connectivity index (χ1) is 9.60. The standard InChI is InChI=1S/C15H14N2O3/c1-2-11-4-3-5-13(8-11)16-10-12-9-14(17(19)20)6-7-15(12)18/h3-10,18H,2H2,1H3. The number of rotatable bonds is 4. The van der Waals surface area contributed by atoms with Crippen molar-refractivity contribution in [3.05, 3.63) is 63.7 Å². The van der Waals surface area contributed by atoms with Crippen LogP contribution in [0.3, 0.4) is 0 Å². The largest absolute Gasteiger partial charge is 0.507 e. The quantitative estimate of drug-likeness (QED) is 0.523. The molecule has 102 valence electrons. The molecule has 2 rings (SSSR count). The Bertz CT molecular complexity index is 666. The topological polar surface area (TPSA) is 75.7 Å². The molecule has 20 heavy (non-hydrogen) atoms. The van der Waals surface area contributed by atoms with Gasteiger partial charge in [-0.1, -0.05) is 19.1 Å². The monoisotopic (exact) mass is 270 g/mol. The number of benzene rings is 2. The van der Waals surface area contributed by atoms with Crippen LogP contribution in [-0.4, -0.2) is 16.2 Å². The summed E-state index contributed by atoms with van der Waals surface area (Å²) in [7, 11) is 0. The second-order valence-electron chi connectivity index (χ2n) is 4.28. The fourth-order valence-corrected chi connectivity index (χ4v) is 1.76. The van der Waals surface area contributed by atoms with E-state index in [1.54, 1.807) is 0 Å². The molecule has 0 radical (unpaired) electrons. The van der Waals surface area contributed by atoms with E-state index >= 15 is 0 Å². The molecule has 5 heteroatoms. The first-order valence-electron chi connectivity index (χ1n) is 6.20. The van der Waals surface area contributed by atoms with Crippen LogP contribution in [0.1, 0.15) is 18.1 Å². The summed E-state index contributed by atoms with van der Waals surface area (Å²) in [5.41, 5.74) is 2.14. The third-order valence-corrected chi connectivity index (χ3v) is 2.89. The number of nitro groups is 1. The van der Waals surface area contributed by atoms with E-state index in [9.17, 15) is 15.2 Å². The molecule has 0 aromatic heterocycles. The number of aliphatic imine (C=N–C) groups is 1. The second kappa shape index (κ2) is 5.97. The number of hydrogen-bond acceptors (Lipinski definition) is 4. The minimum Gasteiger partial charge on any atom is -0.507 e. The van der Waals surface area contributed by atoms with Gasteiger partial charge in [0.2, 0.25) is 0 Å². The van der Waals surface area contributed by atoms with Crippen LogP contribution in [0.25, 0.3) is 0 Å². The Morgan fingerprint density at radius 1 is 1.30 bits per heavy atom. The lowest BCUT2D eigenvalue weighted by molar-refractivity contribution is -0.384. The zero-order valence-electron chi connectivity index (χ0n) is 11.0. The van der Waals surface area contributed by atoms with Crippen molar-refractivity contribution in [3.8, 4) is 5.75 Å². The molecule has 0 fully saturated rings. The molecular weight excluding hydrogens is 256 g/mol. The van der Waals surface area contributed by atoms with Gasteiger partial charge >= 0.3 is 0 Å². The Kier molecular flexibility index (Phi) is 4.10. The van der Waals surface area contributed by atoms with Crippen LogP contribution >= 0.6 is 0 Å². The smallest absolute Gasteiger partial charge is 0.270 e. The number of aryl methyl sites for hydroxylation is 1. The molecule has 1 N–H and O–H groups in total. The highest BCUT2D eigenvalue weighted by Crippen LogP contribution is 2.22. The van der Waals surface area contributed by atoms with Crippen LogP contribution in [-0.2, 0) is 6.42 Å². The average molecular weight is 270 g/mol. The number of phenols is 1. The van der Waals surface area contributed by atoms with Gasteiger partial charge in [0, 0.05) is 23.9 Å². The lowest BCUT2D eigenvalue weighted by atomic mass is 10.1. The van der Waals surface area contributed by atoms with Crippen molar-refractivity contribution >= 4 is 17.6 Å². The summed E-state index contributed by atoms with van der Waals surface area (Å²) in [6.07, 6.45) is 2.34. The van der Waals surface area contributed by atoms with E-state index in [0.717, 1.165) is 17.7 Å². The van der Waals surface area contributed by atoms with E-state index < -0.39 is 4.92 Å². The fraction of sp³-hybridized carbons (Fsp3) is 0.133. The third-order valence-electron chi connectivity index (χ3n) is 2.89. The Labute approximate surface area is 116 Å². The molecule has 0 aliphatic carbocycles. The molecule has 5 nitrogen and oxygen atoms in total. The molecule has 0 heterocycles. The Hall–Kier alpha value is -2.69. The van der Waals surface area contributed by atoms with Crippen LogP contribution in [0.5, 0.6) is 5.75 Å². The zero-order chi connectivity index (χ0) is 14.5. The molecule has 0 atom stereocenters. The van der Waals surface area contributed by atoms with Crippen LogP contribution < -0.4 is 0 Å². The summed E-state index contributed by atoms with van der Waals surface area (Å²) in [4.78, 5) is 14.4. The third kappa shape index (κ3) is 3.20. The molecule has 0 saturated carbocycles. The summed E-state index contributed by atoms with van der Waals surface area (Å²) in [6.45, 7) is 2.05. The fourth-order valence-electron chi connectivity index (χ4n) is 1.76. The minimum atomic E-state index is -0.505. The predicted octanol–water partition coefficient (Wildman–Crippen LogP) is 3.61. The first kappa shape index (κ1) is 13.7. The predicted molar refractivity (Wildman–Crippen MR) is 77.8 cm³/mol. The number of phenolic OH excluding ortho intramolecular Hbond substituents is 1. The number of nitro benzene ring substituents is 1. The van der Waals surface area contributed by atoms with Crippen molar-refractivity contribution in [1.29, 1.82) is 0 Å². The van der Waals surface area contributed by atoms with Crippen LogP contribution in [0, 0.1) is 10.1 Å². The van der Waals surface area contributed by atoms with E-state index in [1.165, 1.54) is 24.4 Å². The minimum absolute atomic E-state index is 0.0361. The van der Waals surface area contributed by atoms with Gasteiger partial charge in [0.25, 0.3) is 5.69 Å². The van der Waals surface area contributed by atoms with Gasteiger partial charge < -0.3 is 5.11 Å². The summed E-state index contributed by atoms with van der Waals surface area (Å²) >= 11 is 0. The number of non-ortho nitro benzene ring substituents is 1. The van der Waals surface area contributed by atoms with Crippen molar-refractivity contribution in [2.24, 2.45) is 4.99 Å². The van der Waals surface area contributed by atoms with Gasteiger partial charge in [-0.3, -0.25) is 15.1 Å². The Morgan fingerprint density at radius 3 is 2.80 bits per heavy atom. The van der Waals surface area contributed by atoms with Crippen molar-refractivity contribution in [2.45, 2.75) is 13.3 Å². The average Bonchev–Trinajstić information content (AvgIpc) is 2.46. The Morgan fingerprint density at radius 2 is 2.10 bits per heavy atom. The van der Waals surface area contributed by atoms with E-state index in [1.807, 2.05) is 24.3 Å². The molecule has 2 aromatic carbocycles. The highest BCUT2D eigenvalue weighted by atomic mass is 16.6. The number of hydrogen-bond donors (Lipinski definition) is 1. The van der Waals surface area contributed by atoms with Gasteiger partial charge in [-0.25, -0.2) is 0 Å². The van der Waals surface area contributed by atoms with Crippen LogP contribution in [0.2, 0.25) is 0 Å². The first-order valence-corrected chi connectivity index (χ1v) is 6.20. The van der Waals surface area contributed by atoms with Gasteiger partial charge in [0.05, 0.1) is 10.6 Å². The maximum atomic E-state index is 10.7. The second-order valence-corrected chi connectivity index (χ2v) is 4.28. The van der Waals surface area contributed by atoms with Gasteiger partial charge in [-0.2, -0.15) is 0 Å². The van der Waals surface area contributed by atoms with Gasteiger partial charge in [-0.05, 0) is 30.2 Å². The zero-order valence-corrected chi connectivity index (χ0v) is 11.0. The van der Waals surface area contributed by atoms with Crippen molar-refractivity contribution < 1.29 is 10.0 Å². The summed E-state index contributed by atoms with van der Waals surface area (Å²) in [5, 5.41) is 20.4. The van der Waals surface area contributed by atoms with Gasteiger partial charge in [-0.15, -0.1) is 0 Å². The maximum absolute atomic E-state index is 10.7. The van der Waals surface area contributed by atoms with Gasteiger partial charge in [0.1, 0.15) is 5.75 Å². The van der Waals surface area contributed by atoms with E-state index in [4.69, 9.17) is 0 Å². The van der Waals surface area contributed by atoms with Crippen molar-refractivity contribution in [2.75, 3.05) is 0 Å².